The van der Waals surface area contributed by atoms with E-state index in [9.17, 15) is 0 Å². The van der Waals surface area contributed by atoms with E-state index in [1.165, 1.54) is 24.0 Å². The fourth-order valence-electron chi connectivity index (χ4n) is 2.53. The third kappa shape index (κ3) is 3.49. The van der Waals surface area contributed by atoms with Crippen LogP contribution < -0.4 is 10.6 Å². The summed E-state index contributed by atoms with van der Waals surface area (Å²) in [6, 6.07) is 11.7. The number of benzene rings is 2. The molecule has 0 aliphatic heterocycles. The van der Waals surface area contributed by atoms with Crippen LogP contribution >= 0.6 is 35.4 Å². The molecule has 108 valence electrons. The van der Waals surface area contributed by atoms with Gasteiger partial charge in [0.15, 0.2) is 5.11 Å². The number of aryl methyl sites for hydroxylation is 2. The molecule has 0 radical (unpaired) electrons. The summed E-state index contributed by atoms with van der Waals surface area (Å²) in [7, 11) is 0. The summed E-state index contributed by atoms with van der Waals surface area (Å²) in [5.41, 5.74) is 4.59. The molecule has 1 aliphatic carbocycles. The van der Waals surface area contributed by atoms with Crippen LogP contribution in [0, 0.1) is 0 Å². The Morgan fingerprint density at radius 3 is 2.57 bits per heavy atom. The summed E-state index contributed by atoms with van der Waals surface area (Å²) in [5.74, 6) is 0. The predicted molar refractivity (Wildman–Crippen MR) is 94.8 cm³/mol. The Morgan fingerprint density at radius 1 is 0.952 bits per heavy atom. The zero-order valence-corrected chi connectivity index (χ0v) is 13.6. The highest BCUT2D eigenvalue weighted by atomic mass is 35.5. The number of nitrogens with one attached hydrogen (secondary N) is 2. The normalized spacial score (nSPS) is 12.9. The summed E-state index contributed by atoms with van der Waals surface area (Å²) < 4.78 is 0. The number of hydrogen-bond donors (Lipinski definition) is 2. The van der Waals surface area contributed by atoms with Gasteiger partial charge in [0.25, 0.3) is 0 Å². The summed E-state index contributed by atoms with van der Waals surface area (Å²) >= 11 is 17.3. The van der Waals surface area contributed by atoms with Crippen molar-refractivity contribution in [2.45, 2.75) is 19.3 Å². The zero-order valence-electron chi connectivity index (χ0n) is 11.2. The maximum absolute atomic E-state index is 6.12. The fraction of sp³-hybridized carbons (Fsp3) is 0.188. The first kappa shape index (κ1) is 14.6. The van der Waals surface area contributed by atoms with Gasteiger partial charge in [-0.3, -0.25) is 0 Å². The predicted octanol–water partition coefficient (Wildman–Crippen LogP) is 5.29. The lowest BCUT2D eigenvalue weighted by atomic mass is 10.1. The largest absolute Gasteiger partial charge is 0.332 e. The average Bonchev–Trinajstić information content (AvgIpc) is 2.89. The highest BCUT2D eigenvalue weighted by Gasteiger charge is 2.11. The van der Waals surface area contributed by atoms with E-state index in [0.29, 0.717) is 15.2 Å². The Kier molecular flexibility index (Phi) is 4.34. The average molecular weight is 337 g/mol. The highest BCUT2D eigenvalue weighted by Crippen LogP contribution is 2.27. The molecule has 0 aromatic heterocycles. The minimum atomic E-state index is 0.511. The molecule has 0 bridgehead atoms. The SMILES string of the molecule is S=C(Nc1ccc2c(c1)CCC2)Nc1ccc(Cl)cc1Cl. The van der Waals surface area contributed by atoms with Crippen molar-refractivity contribution < 1.29 is 0 Å². The van der Waals surface area contributed by atoms with Crippen LogP contribution in [0.3, 0.4) is 0 Å². The molecule has 2 nitrogen and oxygen atoms in total. The van der Waals surface area contributed by atoms with E-state index in [1.54, 1.807) is 18.2 Å². The van der Waals surface area contributed by atoms with Crippen LogP contribution in [0.25, 0.3) is 0 Å². The summed E-state index contributed by atoms with van der Waals surface area (Å²) in [5, 5.41) is 7.93. The fourth-order valence-corrected chi connectivity index (χ4v) is 3.21. The molecule has 1 aliphatic rings. The van der Waals surface area contributed by atoms with Crippen LogP contribution in [0.4, 0.5) is 11.4 Å². The van der Waals surface area contributed by atoms with E-state index >= 15 is 0 Å². The van der Waals surface area contributed by atoms with Gasteiger partial charge in [-0.05, 0) is 72.9 Å². The van der Waals surface area contributed by atoms with Gasteiger partial charge in [0.1, 0.15) is 0 Å². The van der Waals surface area contributed by atoms with E-state index in [-0.39, 0.29) is 0 Å². The molecule has 2 aromatic rings. The second-order valence-electron chi connectivity index (χ2n) is 5.04. The third-order valence-corrected chi connectivity index (χ3v) is 4.29. The van der Waals surface area contributed by atoms with Gasteiger partial charge in [-0.2, -0.15) is 0 Å². The first-order valence-corrected chi connectivity index (χ1v) is 7.93. The molecule has 3 rings (SSSR count). The van der Waals surface area contributed by atoms with E-state index in [0.717, 1.165) is 17.8 Å². The molecule has 5 heteroatoms. The van der Waals surface area contributed by atoms with Crippen molar-refractivity contribution in [3.63, 3.8) is 0 Å². The second kappa shape index (κ2) is 6.22. The standard InChI is InChI=1S/C16H14Cl2N2S/c17-12-5-7-15(14(18)9-12)20-16(21)19-13-6-4-10-2-1-3-11(10)8-13/h4-9H,1-3H2,(H2,19,20,21). The molecule has 0 saturated carbocycles. The van der Waals surface area contributed by atoms with Crippen molar-refractivity contribution in [3.05, 3.63) is 57.6 Å². The van der Waals surface area contributed by atoms with Crippen molar-refractivity contribution in [1.29, 1.82) is 0 Å². The molecule has 0 amide bonds. The van der Waals surface area contributed by atoms with Crippen molar-refractivity contribution in [2.75, 3.05) is 10.6 Å². The number of anilines is 2. The third-order valence-electron chi connectivity index (χ3n) is 3.54. The maximum atomic E-state index is 6.12. The van der Waals surface area contributed by atoms with Crippen LogP contribution in [-0.2, 0) is 12.8 Å². The van der Waals surface area contributed by atoms with Gasteiger partial charge in [0, 0.05) is 10.7 Å². The van der Waals surface area contributed by atoms with Crippen LogP contribution in [0.5, 0.6) is 0 Å². The Balaban J connectivity index is 1.69. The number of fused-ring (bicyclic) bond motifs is 1. The topological polar surface area (TPSA) is 24.1 Å². The molecular weight excluding hydrogens is 323 g/mol. The van der Waals surface area contributed by atoms with Gasteiger partial charge in [0.05, 0.1) is 10.7 Å². The van der Waals surface area contributed by atoms with Crippen molar-refractivity contribution in [2.24, 2.45) is 0 Å². The first-order chi connectivity index (χ1) is 10.1. The molecule has 2 N–H and O–H groups in total. The number of thiocarbonyl (C=S) groups is 1. The van der Waals surface area contributed by atoms with Gasteiger partial charge < -0.3 is 10.6 Å². The van der Waals surface area contributed by atoms with Crippen LogP contribution in [-0.4, -0.2) is 5.11 Å². The van der Waals surface area contributed by atoms with Crippen LogP contribution in [0.15, 0.2) is 36.4 Å². The van der Waals surface area contributed by atoms with Crippen molar-refractivity contribution in [3.8, 4) is 0 Å². The first-order valence-electron chi connectivity index (χ1n) is 6.77. The Labute approximate surface area is 139 Å². The van der Waals surface area contributed by atoms with Crippen LogP contribution in [0.1, 0.15) is 17.5 Å². The van der Waals surface area contributed by atoms with Gasteiger partial charge in [-0.15, -0.1) is 0 Å². The van der Waals surface area contributed by atoms with E-state index < -0.39 is 0 Å². The molecular formula is C16H14Cl2N2S. The van der Waals surface area contributed by atoms with E-state index in [1.807, 2.05) is 0 Å². The van der Waals surface area contributed by atoms with Gasteiger partial charge in [-0.25, -0.2) is 0 Å². The molecule has 0 unspecified atom stereocenters. The Hall–Kier alpha value is -1.29. The highest BCUT2D eigenvalue weighted by molar-refractivity contribution is 7.80. The molecule has 0 saturated heterocycles. The Morgan fingerprint density at radius 2 is 1.76 bits per heavy atom. The number of halogens is 2. The smallest absolute Gasteiger partial charge is 0.175 e. The molecule has 0 heterocycles. The van der Waals surface area contributed by atoms with Gasteiger partial charge >= 0.3 is 0 Å². The summed E-state index contributed by atoms with van der Waals surface area (Å²) in [6.45, 7) is 0. The van der Waals surface area contributed by atoms with E-state index in [2.05, 4.69) is 28.8 Å². The molecule has 0 atom stereocenters. The monoisotopic (exact) mass is 336 g/mol. The van der Waals surface area contributed by atoms with Crippen molar-refractivity contribution >= 4 is 51.9 Å². The maximum Gasteiger partial charge on any atom is 0.175 e. The summed E-state index contributed by atoms with van der Waals surface area (Å²) in [4.78, 5) is 0. The second-order valence-corrected chi connectivity index (χ2v) is 6.29. The summed E-state index contributed by atoms with van der Waals surface area (Å²) in [6.07, 6.45) is 3.56. The minimum Gasteiger partial charge on any atom is -0.332 e. The van der Waals surface area contributed by atoms with Gasteiger partial charge in [-0.1, -0.05) is 29.3 Å². The zero-order chi connectivity index (χ0) is 14.8. The lowest BCUT2D eigenvalue weighted by Gasteiger charge is -2.13. The molecule has 0 fully saturated rings. The number of rotatable bonds is 2. The van der Waals surface area contributed by atoms with E-state index in [4.69, 9.17) is 35.4 Å². The molecule has 21 heavy (non-hydrogen) atoms. The number of hydrogen-bond acceptors (Lipinski definition) is 1. The minimum absolute atomic E-state index is 0.511. The molecule has 2 aromatic carbocycles. The lowest BCUT2D eigenvalue weighted by molar-refractivity contribution is 0.912. The quantitative estimate of drug-likeness (QED) is 0.728. The van der Waals surface area contributed by atoms with Crippen LogP contribution in [0.2, 0.25) is 10.0 Å². The Bertz CT molecular complexity index is 701. The van der Waals surface area contributed by atoms with Gasteiger partial charge in [0.2, 0.25) is 0 Å². The molecule has 0 spiro atoms. The van der Waals surface area contributed by atoms with Crippen molar-refractivity contribution in [1.82, 2.24) is 0 Å². The lowest BCUT2D eigenvalue weighted by Crippen LogP contribution is -2.19.